The van der Waals surface area contributed by atoms with Crippen molar-refractivity contribution in [1.82, 2.24) is 5.32 Å². The first-order valence-corrected chi connectivity index (χ1v) is 6.97. The Morgan fingerprint density at radius 3 is 2.55 bits per heavy atom. The molecule has 0 aliphatic rings. The quantitative estimate of drug-likeness (QED) is 0.812. The molecule has 2 aromatic carbocycles. The average molecular weight is 302 g/mol. The van der Waals surface area contributed by atoms with Crippen LogP contribution in [0.5, 0.6) is 0 Å². The molecule has 0 aromatic heterocycles. The molecule has 116 valence electrons. The molecule has 3 N–H and O–H groups in total. The van der Waals surface area contributed by atoms with Gasteiger partial charge in [-0.1, -0.05) is 36.4 Å². The Morgan fingerprint density at radius 2 is 1.91 bits per heavy atom. The van der Waals surface area contributed by atoms with E-state index >= 15 is 0 Å². The Hall–Kier alpha value is -2.40. The third kappa shape index (κ3) is 4.05. The number of aliphatic hydroxyl groups is 1. The highest BCUT2D eigenvalue weighted by atomic mass is 19.1. The van der Waals surface area contributed by atoms with E-state index in [2.05, 4.69) is 10.6 Å². The molecule has 0 fully saturated rings. The van der Waals surface area contributed by atoms with Crippen LogP contribution >= 0.6 is 0 Å². The number of aryl methyl sites for hydroxylation is 1. The van der Waals surface area contributed by atoms with Crippen LogP contribution in [0.2, 0.25) is 0 Å². The van der Waals surface area contributed by atoms with E-state index in [9.17, 15) is 14.3 Å². The van der Waals surface area contributed by atoms with Gasteiger partial charge in [0.2, 0.25) is 0 Å². The predicted octanol–water partition coefficient (Wildman–Crippen LogP) is 3.16. The second kappa shape index (κ2) is 6.58. The van der Waals surface area contributed by atoms with Crippen molar-refractivity contribution in [2.24, 2.45) is 0 Å². The lowest BCUT2D eigenvalue weighted by Gasteiger charge is -2.24. The lowest BCUT2D eigenvalue weighted by molar-refractivity contribution is 0.0599. The summed E-state index contributed by atoms with van der Waals surface area (Å²) in [6.07, 6.45) is 0. The zero-order valence-corrected chi connectivity index (χ0v) is 12.6. The van der Waals surface area contributed by atoms with Gasteiger partial charge in [-0.15, -0.1) is 0 Å². The number of carbonyl (C=O) groups excluding carboxylic acids is 1. The van der Waals surface area contributed by atoms with Crippen molar-refractivity contribution in [2.45, 2.75) is 19.4 Å². The molecule has 4 nitrogen and oxygen atoms in total. The second-order valence-electron chi connectivity index (χ2n) is 5.41. The third-order valence-corrected chi connectivity index (χ3v) is 3.42. The van der Waals surface area contributed by atoms with Crippen molar-refractivity contribution >= 4 is 11.7 Å². The normalized spacial score (nSPS) is 13.3. The van der Waals surface area contributed by atoms with Gasteiger partial charge in [0.1, 0.15) is 11.4 Å². The predicted molar refractivity (Wildman–Crippen MR) is 84.2 cm³/mol. The molecule has 5 heteroatoms. The zero-order valence-electron chi connectivity index (χ0n) is 12.6. The monoisotopic (exact) mass is 302 g/mol. The van der Waals surface area contributed by atoms with Crippen LogP contribution in [0.4, 0.5) is 14.9 Å². The van der Waals surface area contributed by atoms with Gasteiger partial charge in [0.25, 0.3) is 0 Å². The summed E-state index contributed by atoms with van der Waals surface area (Å²) in [5.41, 5.74) is 0.395. The van der Waals surface area contributed by atoms with E-state index < -0.39 is 11.6 Å². The summed E-state index contributed by atoms with van der Waals surface area (Å²) in [4.78, 5) is 11.8. The number of halogens is 1. The van der Waals surface area contributed by atoms with Gasteiger partial charge in [-0.05, 0) is 37.1 Å². The van der Waals surface area contributed by atoms with E-state index in [-0.39, 0.29) is 12.4 Å². The SMILES string of the molecule is Cc1ccc(NC(=O)NCC(C)(O)c2ccccc2)cc1F. The third-order valence-electron chi connectivity index (χ3n) is 3.42. The minimum Gasteiger partial charge on any atom is -0.384 e. The van der Waals surface area contributed by atoms with E-state index in [1.807, 2.05) is 18.2 Å². The van der Waals surface area contributed by atoms with Crippen molar-refractivity contribution in [3.8, 4) is 0 Å². The highest BCUT2D eigenvalue weighted by molar-refractivity contribution is 5.89. The Balaban J connectivity index is 1.93. The molecule has 1 atom stereocenters. The number of nitrogens with one attached hydrogen (secondary N) is 2. The molecule has 0 bridgehead atoms. The average Bonchev–Trinajstić information content (AvgIpc) is 2.50. The van der Waals surface area contributed by atoms with Crippen LogP contribution in [-0.2, 0) is 5.60 Å². The van der Waals surface area contributed by atoms with Crippen LogP contribution in [0.3, 0.4) is 0 Å². The molecular formula is C17H19FN2O2. The van der Waals surface area contributed by atoms with Crippen LogP contribution in [0.25, 0.3) is 0 Å². The Morgan fingerprint density at radius 1 is 1.23 bits per heavy atom. The van der Waals surface area contributed by atoms with Crippen molar-refractivity contribution < 1.29 is 14.3 Å². The number of hydrogen-bond acceptors (Lipinski definition) is 2. The number of urea groups is 1. The van der Waals surface area contributed by atoms with Crippen molar-refractivity contribution in [2.75, 3.05) is 11.9 Å². The van der Waals surface area contributed by atoms with E-state index in [1.165, 1.54) is 6.07 Å². The Bertz CT molecular complexity index is 657. The summed E-state index contributed by atoms with van der Waals surface area (Å²) >= 11 is 0. The summed E-state index contributed by atoms with van der Waals surface area (Å²) in [5, 5.41) is 15.5. The number of anilines is 1. The molecule has 0 aliphatic heterocycles. The smallest absolute Gasteiger partial charge is 0.319 e. The van der Waals surface area contributed by atoms with Crippen molar-refractivity contribution in [3.63, 3.8) is 0 Å². The van der Waals surface area contributed by atoms with Gasteiger partial charge in [0, 0.05) is 5.69 Å². The first kappa shape index (κ1) is 16.0. The summed E-state index contributed by atoms with van der Waals surface area (Å²) in [7, 11) is 0. The lowest BCUT2D eigenvalue weighted by Crippen LogP contribution is -2.40. The Kier molecular flexibility index (Phi) is 4.78. The van der Waals surface area contributed by atoms with Gasteiger partial charge in [-0.25, -0.2) is 9.18 Å². The van der Waals surface area contributed by atoms with Crippen LogP contribution in [0.1, 0.15) is 18.1 Å². The van der Waals surface area contributed by atoms with E-state index in [1.54, 1.807) is 38.1 Å². The molecule has 22 heavy (non-hydrogen) atoms. The summed E-state index contributed by atoms with van der Waals surface area (Å²) in [5.74, 6) is -0.380. The fourth-order valence-electron chi connectivity index (χ4n) is 2.00. The highest BCUT2D eigenvalue weighted by Gasteiger charge is 2.23. The maximum Gasteiger partial charge on any atom is 0.319 e. The fourth-order valence-corrected chi connectivity index (χ4v) is 2.00. The molecule has 2 amide bonds. The molecule has 0 radical (unpaired) electrons. The molecule has 0 spiro atoms. The minimum absolute atomic E-state index is 0.0389. The molecule has 0 saturated heterocycles. The molecule has 0 aliphatic carbocycles. The number of hydrogen-bond donors (Lipinski definition) is 3. The molecule has 0 saturated carbocycles. The Labute approximate surface area is 129 Å². The molecular weight excluding hydrogens is 283 g/mol. The van der Waals surface area contributed by atoms with Gasteiger partial charge in [0.15, 0.2) is 0 Å². The van der Waals surface area contributed by atoms with E-state index in [0.29, 0.717) is 16.8 Å². The molecule has 0 heterocycles. The lowest BCUT2D eigenvalue weighted by atomic mass is 9.96. The van der Waals surface area contributed by atoms with E-state index in [4.69, 9.17) is 0 Å². The van der Waals surface area contributed by atoms with Gasteiger partial charge in [-0.2, -0.15) is 0 Å². The van der Waals surface area contributed by atoms with Crippen molar-refractivity contribution in [3.05, 3.63) is 65.5 Å². The molecule has 2 aromatic rings. The number of carbonyl (C=O) groups is 1. The minimum atomic E-state index is -1.18. The topological polar surface area (TPSA) is 61.4 Å². The zero-order chi connectivity index (χ0) is 16.2. The molecule has 1 unspecified atom stereocenters. The van der Waals surface area contributed by atoms with Crippen LogP contribution in [0.15, 0.2) is 48.5 Å². The van der Waals surface area contributed by atoms with Crippen LogP contribution in [-0.4, -0.2) is 17.7 Å². The fraction of sp³-hybridized carbons (Fsp3) is 0.235. The summed E-state index contributed by atoms with van der Waals surface area (Å²) < 4.78 is 13.4. The van der Waals surface area contributed by atoms with Crippen LogP contribution < -0.4 is 10.6 Å². The number of amides is 2. The number of benzene rings is 2. The maximum atomic E-state index is 13.4. The summed E-state index contributed by atoms with van der Waals surface area (Å²) in [6, 6.07) is 13.0. The highest BCUT2D eigenvalue weighted by Crippen LogP contribution is 2.19. The van der Waals surface area contributed by atoms with Gasteiger partial charge in [-0.3, -0.25) is 0 Å². The second-order valence-corrected chi connectivity index (χ2v) is 5.41. The maximum absolute atomic E-state index is 13.4. The van der Waals surface area contributed by atoms with E-state index in [0.717, 1.165) is 0 Å². The summed E-state index contributed by atoms with van der Waals surface area (Å²) in [6.45, 7) is 3.31. The van der Waals surface area contributed by atoms with Gasteiger partial charge >= 0.3 is 6.03 Å². The first-order chi connectivity index (χ1) is 10.4. The van der Waals surface area contributed by atoms with Crippen molar-refractivity contribution in [1.29, 1.82) is 0 Å². The van der Waals surface area contributed by atoms with Crippen LogP contribution in [0, 0.1) is 12.7 Å². The first-order valence-electron chi connectivity index (χ1n) is 6.97. The molecule has 2 rings (SSSR count). The number of rotatable bonds is 4. The van der Waals surface area contributed by atoms with Gasteiger partial charge < -0.3 is 15.7 Å². The largest absolute Gasteiger partial charge is 0.384 e. The standard InChI is InChI=1S/C17H19FN2O2/c1-12-8-9-14(10-15(12)18)20-16(21)19-11-17(2,22)13-6-4-3-5-7-13/h3-10,22H,11H2,1-2H3,(H2,19,20,21). The van der Waals surface area contributed by atoms with Gasteiger partial charge in [0.05, 0.1) is 6.54 Å².